The first-order valence-electron chi connectivity index (χ1n) is 3.54. The summed E-state index contributed by atoms with van der Waals surface area (Å²) in [6.07, 6.45) is 0.908. The molecule has 12 heavy (non-hydrogen) atoms. The first-order chi connectivity index (χ1) is 5.67. The molecule has 1 rings (SSSR count). The van der Waals surface area contributed by atoms with Gasteiger partial charge in [0.15, 0.2) is 0 Å². The second kappa shape index (κ2) is 3.88. The van der Waals surface area contributed by atoms with Crippen LogP contribution in [0.15, 0.2) is 12.8 Å². The molecule has 0 aromatic carbocycles. The summed E-state index contributed by atoms with van der Waals surface area (Å²) in [7, 11) is -3.60. The Morgan fingerprint density at radius 3 is 2.50 bits per heavy atom. The molecule has 1 aliphatic heterocycles. The van der Waals surface area contributed by atoms with Crippen molar-refractivity contribution in [2.75, 3.05) is 26.3 Å². The minimum atomic E-state index is -3.60. The van der Waals surface area contributed by atoms with Gasteiger partial charge in [-0.3, -0.25) is 0 Å². The lowest BCUT2D eigenvalue weighted by Crippen LogP contribution is -2.40. The van der Waals surface area contributed by atoms with Crippen LogP contribution in [0.2, 0.25) is 0 Å². The van der Waals surface area contributed by atoms with Crippen molar-refractivity contribution < 1.29 is 17.3 Å². The summed E-state index contributed by atoms with van der Waals surface area (Å²) in [4.78, 5) is 0. The molecular formula is C6H11NO4S. The van der Waals surface area contributed by atoms with E-state index in [0.717, 1.165) is 6.26 Å². The summed E-state index contributed by atoms with van der Waals surface area (Å²) in [6.45, 7) is 4.70. The fourth-order valence-corrected chi connectivity index (χ4v) is 1.81. The maximum atomic E-state index is 11.2. The molecule has 70 valence electrons. The van der Waals surface area contributed by atoms with Gasteiger partial charge in [-0.05, 0) is 0 Å². The molecule has 0 atom stereocenters. The molecular weight excluding hydrogens is 182 g/mol. The largest absolute Gasteiger partial charge is 0.384 e. The molecule has 0 aromatic rings. The zero-order chi connectivity index (χ0) is 9.03. The fraction of sp³-hybridized carbons (Fsp3) is 0.667. The Morgan fingerprint density at radius 1 is 1.42 bits per heavy atom. The number of hydrogen-bond acceptors (Lipinski definition) is 4. The van der Waals surface area contributed by atoms with Crippen LogP contribution in [0.25, 0.3) is 0 Å². The van der Waals surface area contributed by atoms with Crippen LogP contribution in [-0.2, 0) is 19.2 Å². The second-order valence-corrected chi connectivity index (χ2v) is 3.80. The number of hydrogen-bond donors (Lipinski definition) is 0. The Kier molecular flexibility index (Phi) is 3.07. The lowest BCUT2D eigenvalue weighted by Gasteiger charge is -2.24. The van der Waals surface area contributed by atoms with Crippen LogP contribution in [0.4, 0.5) is 0 Å². The van der Waals surface area contributed by atoms with E-state index in [-0.39, 0.29) is 0 Å². The van der Waals surface area contributed by atoms with E-state index in [2.05, 4.69) is 10.8 Å². The summed E-state index contributed by atoms with van der Waals surface area (Å²) in [6, 6.07) is 0. The third-order valence-corrected chi connectivity index (χ3v) is 2.85. The van der Waals surface area contributed by atoms with E-state index < -0.39 is 10.3 Å². The topological polar surface area (TPSA) is 55.8 Å². The van der Waals surface area contributed by atoms with Crippen LogP contribution in [0.1, 0.15) is 0 Å². The molecule has 6 heteroatoms. The van der Waals surface area contributed by atoms with E-state index in [1.807, 2.05) is 0 Å². The lowest BCUT2D eigenvalue weighted by atomic mass is 10.5. The monoisotopic (exact) mass is 193 g/mol. The molecule has 0 unspecified atom stereocenters. The van der Waals surface area contributed by atoms with Gasteiger partial charge in [-0.15, -0.1) is 0 Å². The number of morpholine rings is 1. The van der Waals surface area contributed by atoms with Gasteiger partial charge < -0.3 is 8.92 Å². The van der Waals surface area contributed by atoms with Crippen molar-refractivity contribution >= 4 is 10.3 Å². The highest BCUT2D eigenvalue weighted by atomic mass is 32.2. The van der Waals surface area contributed by atoms with E-state index in [0.29, 0.717) is 26.3 Å². The molecule has 1 heterocycles. The Morgan fingerprint density at radius 2 is 2.00 bits per heavy atom. The molecule has 1 saturated heterocycles. The minimum absolute atomic E-state index is 0.343. The molecule has 1 aliphatic rings. The highest BCUT2D eigenvalue weighted by Gasteiger charge is 2.24. The van der Waals surface area contributed by atoms with Crippen LogP contribution in [0.3, 0.4) is 0 Å². The smallest absolute Gasteiger partial charge is 0.379 e. The third-order valence-electron chi connectivity index (χ3n) is 1.48. The van der Waals surface area contributed by atoms with Gasteiger partial charge in [0.2, 0.25) is 0 Å². The van der Waals surface area contributed by atoms with Gasteiger partial charge >= 0.3 is 10.3 Å². The van der Waals surface area contributed by atoms with Crippen LogP contribution < -0.4 is 0 Å². The van der Waals surface area contributed by atoms with E-state index in [1.165, 1.54) is 4.31 Å². The zero-order valence-electron chi connectivity index (χ0n) is 6.60. The first-order valence-corrected chi connectivity index (χ1v) is 4.90. The predicted octanol–water partition coefficient (Wildman–Crippen LogP) is -0.276. The molecule has 0 N–H and O–H groups in total. The normalized spacial score (nSPS) is 20.3. The molecule has 0 aliphatic carbocycles. The molecule has 0 amide bonds. The van der Waals surface area contributed by atoms with Crippen molar-refractivity contribution in [1.29, 1.82) is 0 Å². The maximum absolute atomic E-state index is 11.2. The van der Waals surface area contributed by atoms with Crippen LogP contribution in [0.5, 0.6) is 0 Å². The highest BCUT2D eigenvalue weighted by Crippen LogP contribution is 2.06. The molecule has 0 bridgehead atoms. The Balaban J connectivity index is 2.60. The standard InChI is InChI=1S/C6H11NO4S/c1-2-11-12(8,9)7-3-5-10-6-4-7/h2H,1,3-6H2. The van der Waals surface area contributed by atoms with Crippen LogP contribution >= 0.6 is 0 Å². The minimum Gasteiger partial charge on any atom is -0.379 e. The van der Waals surface area contributed by atoms with Gasteiger partial charge in [0.1, 0.15) is 6.26 Å². The number of rotatable bonds is 3. The van der Waals surface area contributed by atoms with E-state index in [1.54, 1.807) is 0 Å². The van der Waals surface area contributed by atoms with Gasteiger partial charge in [-0.2, -0.15) is 12.7 Å². The molecule has 0 spiro atoms. The number of nitrogens with zero attached hydrogens (tertiary/aromatic N) is 1. The van der Waals surface area contributed by atoms with E-state index in [4.69, 9.17) is 4.74 Å². The fourth-order valence-electron chi connectivity index (χ4n) is 0.917. The average Bonchev–Trinajstić information content (AvgIpc) is 2.06. The van der Waals surface area contributed by atoms with Gasteiger partial charge in [0.25, 0.3) is 0 Å². The van der Waals surface area contributed by atoms with E-state index in [9.17, 15) is 8.42 Å². The number of ether oxygens (including phenoxy) is 1. The van der Waals surface area contributed by atoms with Crippen molar-refractivity contribution in [3.8, 4) is 0 Å². The molecule has 1 fully saturated rings. The van der Waals surface area contributed by atoms with Crippen molar-refractivity contribution in [2.24, 2.45) is 0 Å². The Bertz CT molecular complexity index is 242. The van der Waals surface area contributed by atoms with Gasteiger partial charge in [0.05, 0.1) is 13.2 Å². The molecule has 0 aromatic heterocycles. The summed E-state index contributed by atoms with van der Waals surface area (Å²) >= 11 is 0. The molecule has 5 nitrogen and oxygen atoms in total. The SMILES string of the molecule is C=COS(=O)(=O)N1CCOCC1. The summed E-state index contributed by atoms with van der Waals surface area (Å²) in [5.41, 5.74) is 0. The van der Waals surface area contributed by atoms with Gasteiger partial charge in [-0.25, -0.2) is 0 Å². The van der Waals surface area contributed by atoms with Crippen LogP contribution in [0, 0.1) is 0 Å². The first kappa shape index (κ1) is 9.50. The van der Waals surface area contributed by atoms with Gasteiger partial charge in [-0.1, -0.05) is 6.58 Å². The van der Waals surface area contributed by atoms with Crippen molar-refractivity contribution in [1.82, 2.24) is 4.31 Å². The Labute approximate surface area is 71.8 Å². The summed E-state index contributed by atoms with van der Waals surface area (Å²) in [5, 5.41) is 0. The highest BCUT2D eigenvalue weighted by molar-refractivity contribution is 7.84. The lowest BCUT2D eigenvalue weighted by molar-refractivity contribution is 0.0689. The quantitative estimate of drug-likeness (QED) is 0.579. The average molecular weight is 193 g/mol. The molecule has 0 saturated carbocycles. The predicted molar refractivity (Wildman–Crippen MR) is 42.6 cm³/mol. The van der Waals surface area contributed by atoms with Crippen molar-refractivity contribution in [3.63, 3.8) is 0 Å². The molecule has 0 radical (unpaired) electrons. The van der Waals surface area contributed by atoms with Gasteiger partial charge in [0, 0.05) is 13.1 Å². The van der Waals surface area contributed by atoms with Crippen LogP contribution in [-0.4, -0.2) is 39.0 Å². The van der Waals surface area contributed by atoms with Crippen molar-refractivity contribution in [2.45, 2.75) is 0 Å². The third kappa shape index (κ3) is 2.20. The van der Waals surface area contributed by atoms with E-state index >= 15 is 0 Å². The maximum Gasteiger partial charge on any atom is 0.384 e. The Hall–Kier alpha value is -0.590. The van der Waals surface area contributed by atoms with Crippen molar-refractivity contribution in [3.05, 3.63) is 12.8 Å². The summed E-state index contributed by atoms with van der Waals surface area (Å²) < 4.78 is 32.9. The zero-order valence-corrected chi connectivity index (χ0v) is 7.42. The summed E-state index contributed by atoms with van der Waals surface area (Å²) in [5.74, 6) is 0. The second-order valence-electron chi connectivity index (χ2n) is 2.23.